The number of rotatable bonds is 7. The number of carbonyl (C=O) groups excluding carboxylic acids is 1. The Balaban J connectivity index is 4.10. The Labute approximate surface area is 95.0 Å². The SMILES string of the molecule is CCCCC(=O)N(C)CC(C)(CC)CC. The molecule has 90 valence electrons. The third-order valence-corrected chi connectivity index (χ3v) is 3.50. The Bertz CT molecular complexity index is 185. The molecule has 0 rings (SSSR count). The molecule has 0 fully saturated rings. The van der Waals surface area contributed by atoms with Crippen molar-refractivity contribution >= 4 is 5.91 Å². The van der Waals surface area contributed by atoms with Gasteiger partial charge in [0.05, 0.1) is 0 Å². The monoisotopic (exact) mass is 213 g/mol. The highest BCUT2D eigenvalue weighted by atomic mass is 16.2. The van der Waals surface area contributed by atoms with E-state index >= 15 is 0 Å². The second-order valence-electron chi connectivity index (χ2n) is 4.87. The van der Waals surface area contributed by atoms with E-state index in [1.165, 1.54) is 0 Å². The van der Waals surface area contributed by atoms with Gasteiger partial charge in [0.15, 0.2) is 0 Å². The van der Waals surface area contributed by atoms with Crippen LogP contribution in [0.2, 0.25) is 0 Å². The number of amides is 1. The maximum absolute atomic E-state index is 11.7. The van der Waals surface area contributed by atoms with Crippen molar-refractivity contribution in [2.75, 3.05) is 13.6 Å². The second kappa shape index (κ2) is 6.86. The van der Waals surface area contributed by atoms with Gasteiger partial charge in [-0.3, -0.25) is 4.79 Å². The molecule has 0 aromatic carbocycles. The number of nitrogens with zero attached hydrogens (tertiary/aromatic N) is 1. The fraction of sp³-hybridized carbons (Fsp3) is 0.923. The van der Waals surface area contributed by atoms with E-state index in [1.54, 1.807) is 0 Å². The third-order valence-electron chi connectivity index (χ3n) is 3.50. The van der Waals surface area contributed by atoms with Gasteiger partial charge in [-0.05, 0) is 24.7 Å². The minimum atomic E-state index is 0.288. The van der Waals surface area contributed by atoms with Crippen molar-refractivity contribution in [1.82, 2.24) is 4.90 Å². The van der Waals surface area contributed by atoms with E-state index in [0.717, 1.165) is 32.2 Å². The smallest absolute Gasteiger partial charge is 0.222 e. The first-order chi connectivity index (χ1) is 6.99. The molecule has 0 saturated heterocycles. The Hall–Kier alpha value is -0.530. The molecule has 0 radical (unpaired) electrons. The highest BCUT2D eigenvalue weighted by Crippen LogP contribution is 2.26. The third kappa shape index (κ3) is 5.19. The lowest BCUT2D eigenvalue weighted by molar-refractivity contribution is -0.131. The number of unbranched alkanes of at least 4 members (excludes halogenated alkanes) is 1. The van der Waals surface area contributed by atoms with Gasteiger partial charge in [-0.15, -0.1) is 0 Å². The van der Waals surface area contributed by atoms with Crippen molar-refractivity contribution in [3.63, 3.8) is 0 Å². The number of carbonyl (C=O) groups is 1. The predicted molar refractivity (Wildman–Crippen MR) is 65.9 cm³/mol. The van der Waals surface area contributed by atoms with E-state index in [4.69, 9.17) is 0 Å². The lowest BCUT2D eigenvalue weighted by Gasteiger charge is -2.32. The van der Waals surface area contributed by atoms with Gasteiger partial charge in [0.1, 0.15) is 0 Å². The zero-order valence-corrected chi connectivity index (χ0v) is 11.1. The Morgan fingerprint density at radius 3 is 2.13 bits per heavy atom. The van der Waals surface area contributed by atoms with Gasteiger partial charge in [0.25, 0.3) is 0 Å². The van der Waals surface area contributed by atoms with Gasteiger partial charge in [-0.2, -0.15) is 0 Å². The summed E-state index contributed by atoms with van der Waals surface area (Å²) in [6, 6.07) is 0. The van der Waals surface area contributed by atoms with Crippen molar-refractivity contribution in [2.24, 2.45) is 5.41 Å². The molecule has 1 amide bonds. The topological polar surface area (TPSA) is 20.3 Å². The molecule has 0 aliphatic heterocycles. The molecule has 2 nitrogen and oxygen atoms in total. The molecule has 0 aromatic heterocycles. The second-order valence-corrected chi connectivity index (χ2v) is 4.87. The summed E-state index contributed by atoms with van der Waals surface area (Å²) in [4.78, 5) is 13.6. The van der Waals surface area contributed by atoms with Gasteiger partial charge in [-0.1, -0.05) is 34.1 Å². The molecule has 0 aliphatic carbocycles. The summed E-state index contributed by atoms with van der Waals surface area (Å²) < 4.78 is 0. The zero-order chi connectivity index (χ0) is 11.9. The molecule has 2 heteroatoms. The minimum absolute atomic E-state index is 0.288. The molecule has 0 unspecified atom stereocenters. The molecular weight excluding hydrogens is 186 g/mol. The van der Waals surface area contributed by atoms with E-state index in [1.807, 2.05) is 11.9 Å². The van der Waals surface area contributed by atoms with Crippen LogP contribution in [0.4, 0.5) is 0 Å². The van der Waals surface area contributed by atoms with Crippen molar-refractivity contribution in [3.05, 3.63) is 0 Å². The maximum atomic E-state index is 11.7. The fourth-order valence-corrected chi connectivity index (χ4v) is 1.65. The summed E-state index contributed by atoms with van der Waals surface area (Å²) >= 11 is 0. The molecule has 0 N–H and O–H groups in total. The van der Waals surface area contributed by atoms with Crippen LogP contribution in [0.1, 0.15) is 59.8 Å². The van der Waals surface area contributed by atoms with E-state index in [-0.39, 0.29) is 5.41 Å². The molecule has 0 heterocycles. The lowest BCUT2D eigenvalue weighted by atomic mass is 9.84. The summed E-state index contributed by atoms with van der Waals surface area (Å²) in [6.45, 7) is 9.68. The van der Waals surface area contributed by atoms with E-state index in [0.29, 0.717) is 12.3 Å². The van der Waals surface area contributed by atoms with Gasteiger partial charge >= 0.3 is 0 Å². The molecule has 0 saturated carbocycles. The zero-order valence-electron chi connectivity index (χ0n) is 11.1. The summed E-state index contributed by atoms with van der Waals surface area (Å²) in [7, 11) is 1.93. The first-order valence-corrected chi connectivity index (χ1v) is 6.23. The predicted octanol–water partition coefficient (Wildman–Crippen LogP) is 3.46. The first-order valence-electron chi connectivity index (χ1n) is 6.23. The number of hydrogen-bond donors (Lipinski definition) is 0. The van der Waals surface area contributed by atoms with Gasteiger partial charge in [0, 0.05) is 20.0 Å². The quantitative estimate of drug-likeness (QED) is 0.634. The summed E-state index contributed by atoms with van der Waals surface area (Å²) in [6.07, 6.45) is 5.08. The van der Waals surface area contributed by atoms with Crippen LogP contribution in [-0.4, -0.2) is 24.4 Å². The average Bonchev–Trinajstić information content (AvgIpc) is 2.25. The molecule has 0 spiro atoms. The molecular formula is C13H27NO. The largest absolute Gasteiger partial charge is 0.345 e. The van der Waals surface area contributed by atoms with Gasteiger partial charge in [0.2, 0.25) is 5.91 Å². The molecule has 0 atom stereocenters. The summed E-state index contributed by atoms with van der Waals surface area (Å²) in [5, 5.41) is 0. The van der Waals surface area contributed by atoms with Gasteiger partial charge < -0.3 is 4.90 Å². The standard InChI is InChI=1S/C13H27NO/c1-6-9-10-12(15)14(5)11-13(4,7-2)8-3/h6-11H2,1-5H3. The summed E-state index contributed by atoms with van der Waals surface area (Å²) in [5.74, 6) is 0.296. The van der Waals surface area contributed by atoms with Crippen LogP contribution in [0, 0.1) is 5.41 Å². The highest BCUT2D eigenvalue weighted by Gasteiger charge is 2.23. The summed E-state index contributed by atoms with van der Waals surface area (Å²) in [5.41, 5.74) is 0.288. The molecule has 15 heavy (non-hydrogen) atoms. The van der Waals surface area contributed by atoms with Crippen LogP contribution in [-0.2, 0) is 4.79 Å². The Morgan fingerprint density at radius 2 is 1.73 bits per heavy atom. The van der Waals surface area contributed by atoms with E-state index in [9.17, 15) is 4.79 Å². The first kappa shape index (κ1) is 14.5. The molecule has 0 aliphatic rings. The maximum Gasteiger partial charge on any atom is 0.222 e. The van der Waals surface area contributed by atoms with Crippen molar-refractivity contribution in [2.45, 2.75) is 59.8 Å². The average molecular weight is 213 g/mol. The highest BCUT2D eigenvalue weighted by molar-refractivity contribution is 5.75. The van der Waals surface area contributed by atoms with Crippen LogP contribution in [0.5, 0.6) is 0 Å². The van der Waals surface area contributed by atoms with E-state index < -0.39 is 0 Å². The van der Waals surface area contributed by atoms with Crippen LogP contribution in [0.15, 0.2) is 0 Å². The minimum Gasteiger partial charge on any atom is -0.345 e. The number of hydrogen-bond acceptors (Lipinski definition) is 1. The van der Waals surface area contributed by atoms with Crippen LogP contribution in [0.25, 0.3) is 0 Å². The van der Waals surface area contributed by atoms with Crippen LogP contribution in [0.3, 0.4) is 0 Å². The van der Waals surface area contributed by atoms with Crippen molar-refractivity contribution < 1.29 is 4.79 Å². The Morgan fingerprint density at radius 1 is 1.20 bits per heavy atom. The van der Waals surface area contributed by atoms with Crippen LogP contribution >= 0.6 is 0 Å². The lowest BCUT2D eigenvalue weighted by Crippen LogP contribution is -2.36. The van der Waals surface area contributed by atoms with E-state index in [2.05, 4.69) is 27.7 Å². The van der Waals surface area contributed by atoms with Gasteiger partial charge in [-0.25, -0.2) is 0 Å². The van der Waals surface area contributed by atoms with Crippen molar-refractivity contribution in [1.29, 1.82) is 0 Å². The van der Waals surface area contributed by atoms with Crippen molar-refractivity contribution in [3.8, 4) is 0 Å². The Kier molecular flexibility index (Phi) is 6.62. The fourth-order valence-electron chi connectivity index (χ4n) is 1.65. The normalized spacial score (nSPS) is 11.5. The van der Waals surface area contributed by atoms with Crippen LogP contribution < -0.4 is 0 Å². The molecule has 0 aromatic rings. The molecule has 0 bridgehead atoms.